The van der Waals surface area contributed by atoms with E-state index in [4.69, 9.17) is 4.98 Å². The number of anilines is 1. The van der Waals surface area contributed by atoms with Gasteiger partial charge in [-0.25, -0.2) is 4.98 Å². The SMILES string of the molecule is O=C1c2ccccc2-n2c(nc3ccccc3c2=O)[C@@H]2C[C@@]3(O)c4ccccc4N[C@H]3N12. The van der Waals surface area contributed by atoms with E-state index >= 15 is 0 Å². The monoisotopic (exact) mass is 422 g/mol. The van der Waals surface area contributed by atoms with Crippen molar-refractivity contribution < 1.29 is 9.90 Å². The molecule has 2 N–H and O–H groups in total. The summed E-state index contributed by atoms with van der Waals surface area (Å²) in [6, 6.07) is 21.3. The fourth-order valence-corrected chi connectivity index (χ4v) is 5.56. The van der Waals surface area contributed by atoms with Gasteiger partial charge < -0.3 is 15.3 Å². The van der Waals surface area contributed by atoms with Gasteiger partial charge in [0.15, 0.2) is 0 Å². The highest BCUT2D eigenvalue weighted by molar-refractivity contribution is 6.00. The number of fused-ring (bicyclic) bond motifs is 10. The minimum atomic E-state index is -1.28. The number of rotatable bonds is 0. The molecule has 0 spiro atoms. The minimum Gasteiger partial charge on any atom is -0.381 e. The molecule has 3 aliphatic rings. The standard InChI is InChI=1S/C25H18N4O3/c30-22-14-7-1-4-10-17(14)26-21-20-13-25(32)16-9-3-5-11-18(16)27-24(25)29(20)23(31)15-8-2-6-12-19(15)28(21)22/h1-12,20,24,27,32H,13H2/t20-,24-,25+/m0/s1. The first-order chi connectivity index (χ1) is 15.6. The highest BCUT2D eigenvalue weighted by Gasteiger charge is 2.60. The molecule has 4 heterocycles. The number of carbonyl (C=O) groups excluding carboxylic acids is 1. The Morgan fingerprint density at radius 2 is 1.72 bits per heavy atom. The Labute approximate surface area is 182 Å². The van der Waals surface area contributed by atoms with Crippen molar-refractivity contribution in [3.63, 3.8) is 0 Å². The van der Waals surface area contributed by atoms with Crippen molar-refractivity contribution in [2.75, 3.05) is 5.32 Å². The van der Waals surface area contributed by atoms with Gasteiger partial charge in [-0.1, -0.05) is 42.5 Å². The Balaban J connectivity index is 1.56. The van der Waals surface area contributed by atoms with Gasteiger partial charge in [0.05, 0.1) is 28.2 Å². The molecule has 0 aliphatic carbocycles. The van der Waals surface area contributed by atoms with Crippen molar-refractivity contribution in [1.82, 2.24) is 14.5 Å². The number of benzene rings is 3. The molecule has 1 saturated heterocycles. The van der Waals surface area contributed by atoms with E-state index in [9.17, 15) is 14.7 Å². The van der Waals surface area contributed by atoms with E-state index in [1.54, 1.807) is 39.8 Å². The van der Waals surface area contributed by atoms with Gasteiger partial charge in [0.1, 0.15) is 17.6 Å². The zero-order chi connectivity index (χ0) is 21.6. The quantitative estimate of drug-likeness (QED) is 0.455. The number of hydrogen-bond donors (Lipinski definition) is 2. The van der Waals surface area contributed by atoms with Gasteiger partial charge in [-0.2, -0.15) is 0 Å². The van der Waals surface area contributed by atoms with Crippen LogP contribution >= 0.6 is 0 Å². The summed E-state index contributed by atoms with van der Waals surface area (Å²) >= 11 is 0. The van der Waals surface area contributed by atoms with Gasteiger partial charge in [0.25, 0.3) is 11.5 Å². The van der Waals surface area contributed by atoms with Crippen LogP contribution in [0.15, 0.2) is 77.6 Å². The molecule has 0 saturated carbocycles. The molecule has 3 aliphatic heterocycles. The average molecular weight is 422 g/mol. The van der Waals surface area contributed by atoms with Gasteiger partial charge in [0.2, 0.25) is 0 Å². The van der Waals surface area contributed by atoms with Crippen LogP contribution in [0.1, 0.15) is 34.2 Å². The van der Waals surface area contributed by atoms with Crippen LogP contribution in [0.4, 0.5) is 5.69 Å². The fourth-order valence-electron chi connectivity index (χ4n) is 5.56. The number of nitrogens with one attached hydrogen (secondary N) is 1. The van der Waals surface area contributed by atoms with Gasteiger partial charge in [-0.15, -0.1) is 0 Å². The zero-order valence-corrected chi connectivity index (χ0v) is 16.9. The second-order valence-corrected chi connectivity index (χ2v) is 8.59. The Morgan fingerprint density at radius 3 is 2.62 bits per heavy atom. The summed E-state index contributed by atoms with van der Waals surface area (Å²) in [4.78, 5) is 34.0. The summed E-state index contributed by atoms with van der Waals surface area (Å²) in [5.41, 5.74) is 1.58. The molecule has 0 unspecified atom stereocenters. The lowest BCUT2D eigenvalue weighted by Gasteiger charge is -2.29. The molecule has 3 aromatic carbocycles. The largest absolute Gasteiger partial charge is 0.381 e. The van der Waals surface area contributed by atoms with E-state index in [1.165, 1.54) is 0 Å². The lowest BCUT2D eigenvalue weighted by atomic mass is 9.91. The molecule has 156 valence electrons. The number of amides is 1. The summed E-state index contributed by atoms with van der Waals surface area (Å²) in [6.45, 7) is 0. The summed E-state index contributed by atoms with van der Waals surface area (Å²) in [7, 11) is 0. The van der Waals surface area contributed by atoms with Gasteiger partial charge in [-0.3, -0.25) is 14.2 Å². The summed E-state index contributed by atoms with van der Waals surface area (Å²) in [5.74, 6) is 0.231. The van der Waals surface area contributed by atoms with Gasteiger partial charge in [0, 0.05) is 17.7 Å². The van der Waals surface area contributed by atoms with Crippen molar-refractivity contribution in [1.29, 1.82) is 0 Å². The van der Waals surface area contributed by atoms with E-state index < -0.39 is 17.8 Å². The summed E-state index contributed by atoms with van der Waals surface area (Å²) < 4.78 is 1.55. The smallest absolute Gasteiger partial charge is 0.266 e. The fraction of sp³-hybridized carbons (Fsp3) is 0.160. The predicted molar refractivity (Wildman–Crippen MR) is 119 cm³/mol. The van der Waals surface area contributed by atoms with Crippen LogP contribution in [0.5, 0.6) is 0 Å². The van der Waals surface area contributed by atoms with Crippen molar-refractivity contribution in [2.24, 2.45) is 0 Å². The maximum absolute atomic E-state index is 13.9. The van der Waals surface area contributed by atoms with Crippen LogP contribution in [0, 0.1) is 0 Å². The molecule has 7 nitrogen and oxygen atoms in total. The van der Waals surface area contributed by atoms with E-state index in [0.717, 1.165) is 11.3 Å². The third-order valence-corrected chi connectivity index (χ3v) is 6.97. The molecular formula is C25H18N4O3. The molecule has 7 heteroatoms. The molecule has 1 amide bonds. The molecule has 1 aromatic heterocycles. The average Bonchev–Trinajstić information content (AvgIpc) is 3.23. The highest BCUT2D eigenvalue weighted by Crippen LogP contribution is 2.54. The first kappa shape index (κ1) is 17.7. The first-order valence-corrected chi connectivity index (χ1v) is 10.6. The topological polar surface area (TPSA) is 87.5 Å². The maximum atomic E-state index is 13.9. The molecular weight excluding hydrogens is 404 g/mol. The van der Waals surface area contributed by atoms with Crippen LogP contribution in [0.3, 0.4) is 0 Å². The lowest BCUT2D eigenvalue weighted by molar-refractivity contribution is 0.0185. The third-order valence-electron chi connectivity index (χ3n) is 6.97. The minimum absolute atomic E-state index is 0.217. The van der Waals surface area contributed by atoms with E-state index in [2.05, 4.69) is 5.32 Å². The lowest BCUT2D eigenvalue weighted by Crippen LogP contribution is -2.46. The number of hydrogen-bond acceptors (Lipinski definition) is 5. The summed E-state index contributed by atoms with van der Waals surface area (Å²) in [5, 5.41) is 15.6. The number of aliphatic hydroxyl groups is 1. The number of para-hydroxylation sites is 3. The van der Waals surface area contributed by atoms with E-state index in [-0.39, 0.29) is 17.9 Å². The number of carbonyl (C=O) groups is 1. The van der Waals surface area contributed by atoms with E-state index in [1.807, 2.05) is 42.5 Å². The van der Waals surface area contributed by atoms with Gasteiger partial charge in [-0.05, 0) is 30.3 Å². The van der Waals surface area contributed by atoms with Gasteiger partial charge >= 0.3 is 0 Å². The van der Waals surface area contributed by atoms with Crippen molar-refractivity contribution in [3.05, 3.63) is 100 Å². The Morgan fingerprint density at radius 1 is 0.969 bits per heavy atom. The molecule has 3 atom stereocenters. The van der Waals surface area contributed by atoms with Crippen LogP contribution in [-0.4, -0.2) is 31.6 Å². The molecule has 4 aromatic rings. The predicted octanol–water partition coefficient (Wildman–Crippen LogP) is 2.93. The van der Waals surface area contributed by atoms with Crippen LogP contribution in [0.2, 0.25) is 0 Å². The van der Waals surface area contributed by atoms with Crippen LogP contribution < -0.4 is 10.9 Å². The number of aromatic nitrogens is 2. The molecule has 7 rings (SSSR count). The van der Waals surface area contributed by atoms with Crippen molar-refractivity contribution in [2.45, 2.75) is 24.2 Å². The second-order valence-electron chi connectivity index (χ2n) is 8.59. The van der Waals surface area contributed by atoms with Crippen LogP contribution in [0.25, 0.3) is 16.6 Å². The third kappa shape index (κ3) is 2.01. The summed E-state index contributed by atoms with van der Waals surface area (Å²) in [6.07, 6.45) is -0.410. The molecule has 0 bridgehead atoms. The second kappa shape index (κ2) is 5.83. The Hall–Kier alpha value is -3.97. The zero-order valence-electron chi connectivity index (χ0n) is 16.9. The maximum Gasteiger partial charge on any atom is 0.266 e. The van der Waals surface area contributed by atoms with Crippen LogP contribution in [-0.2, 0) is 5.60 Å². The normalized spacial score (nSPS) is 24.8. The highest BCUT2D eigenvalue weighted by atomic mass is 16.3. The Kier molecular flexibility index (Phi) is 3.22. The molecule has 32 heavy (non-hydrogen) atoms. The Bertz CT molecular complexity index is 1530. The van der Waals surface area contributed by atoms with Crippen molar-refractivity contribution in [3.8, 4) is 5.69 Å². The van der Waals surface area contributed by atoms with Crippen molar-refractivity contribution >= 4 is 22.5 Å². The molecule has 0 radical (unpaired) electrons. The van der Waals surface area contributed by atoms with E-state index in [0.29, 0.717) is 28.0 Å². The first-order valence-electron chi connectivity index (χ1n) is 10.6. The molecule has 1 fully saturated rings. The number of nitrogens with zero attached hydrogens (tertiary/aromatic N) is 3.